The van der Waals surface area contributed by atoms with Gasteiger partial charge in [0.1, 0.15) is 11.5 Å². The van der Waals surface area contributed by atoms with Crippen molar-refractivity contribution in [1.82, 2.24) is 9.97 Å². The fourth-order valence-electron chi connectivity index (χ4n) is 3.77. The zero-order valence-electron chi connectivity index (χ0n) is 16.3. The summed E-state index contributed by atoms with van der Waals surface area (Å²) in [7, 11) is 0. The van der Waals surface area contributed by atoms with Crippen molar-refractivity contribution in [3.05, 3.63) is 41.7 Å². The van der Waals surface area contributed by atoms with Gasteiger partial charge in [0.15, 0.2) is 11.6 Å². The molecule has 2 aliphatic heterocycles. The summed E-state index contributed by atoms with van der Waals surface area (Å²) >= 11 is 0. The summed E-state index contributed by atoms with van der Waals surface area (Å²) in [5, 5.41) is 2.69. The first-order valence-electron chi connectivity index (χ1n) is 9.64. The van der Waals surface area contributed by atoms with E-state index in [0.717, 1.165) is 0 Å². The van der Waals surface area contributed by atoms with Crippen molar-refractivity contribution in [3.63, 3.8) is 0 Å². The van der Waals surface area contributed by atoms with Gasteiger partial charge in [-0.1, -0.05) is 5.92 Å². The van der Waals surface area contributed by atoms with Crippen molar-refractivity contribution < 1.29 is 22.8 Å². The molecule has 2 aliphatic rings. The molecule has 1 atom stereocenters. The van der Waals surface area contributed by atoms with E-state index in [2.05, 4.69) is 21.2 Å². The van der Waals surface area contributed by atoms with E-state index in [1.807, 2.05) is 4.90 Å². The topological polar surface area (TPSA) is 78.4 Å². The third-order valence-corrected chi connectivity index (χ3v) is 5.25. The predicted octanol–water partition coefficient (Wildman–Crippen LogP) is 3.61. The standard InChI is InChI=1S/C21H18F3N5O2/c1-2-13-6-9-25-18(11-13)27-20(31)29-14-7-10-28(12-14)16-4-3-15(26-19(16)29)17(30)5-8-21(22,23)24/h1,3-4,6,9,11,14H,5,7-8,10,12H2,(H,25,27,31)/t14-/m0/s1. The maximum atomic E-state index is 13.1. The van der Waals surface area contributed by atoms with Gasteiger partial charge in [0.25, 0.3) is 0 Å². The van der Waals surface area contributed by atoms with Gasteiger partial charge in [-0.15, -0.1) is 6.42 Å². The number of ketones is 1. The monoisotopic (exact) mass is 429 g/mol. The van der Waals surface area contributed by atoms with Crippen LogP contribution >= 0.6 is 0 Å². The first-order valence-corrected chi connectivity index (χ1v) is 9.64. The number of hydrogen-bond donors (Lipinski definition) is 1. The quantitative estimate of drug-likeness (QED) is 0.594. The Hall–Kier alpha value is -3.61. The van der Waals surface area contributed by atoms with Gasteiger partial charge in [-0.05, 0) is 30.7 Å². The number of nitrogens with zero attached hydrogens (tertiary/aromatic N) is 4. The Morgan fingerprint density at radius 2 is 2.10 bits per heavy atom. The molecule has 2 bridgehead atoms. The molecule has 0 aliphatic carbocycles. The van der Waals surface area contributed by atoms with E-state index in [-0.39, 0.29) is 23.4 Å². The smallest absolute Gasteiger partial charge is 0.366 e. The number of hydrogen-bond acceptors (Lipinski definition) is 5. The SMILES string of the molecule is C#Cc1ccnc(NC(=O)N2c3nc(C(=O)CCC(F)(F)F)ccc3N3CC[C@H]2C3)c1. The summed E-state index contributed by atoms with van der Waals surface area (Å²) in [5.74, 6) is 2.25. The lowest BCUT2D eigenvalue weighted by Gasteiger charge is -2.35. The number of carbonyl (C=O) groups is 2. The van der Waals surface area contributed by atoms with Crippen LogP contribution < -0.4 is 15.1 Å². The van der Waals surface area contributed by atoms with Crippen LogP contribution in [0.25, 0.3) is 0 Å². The lowest BCUT2D eigenvalue weighted by atomic mass is 10.1. The average molecular weight is 429 g/mol. The van der Waals surface area contributed by atoms with Crippen LogP contribution in [-0.2, 0) is 0 Å². The molecule has 4 heterocycles. The zero-order chi connectivity index (χ0) is 22.2. The second-order valence-corrected chi connectivity index (χ2v) is 7.34. The Bertz CT molecular complexity index is 1080. The molecular weight excluding hydrogens is 411 g/mol. The van der Waals surface area contributed by atoms with Gasteiger partial charge in [0, 0.05) is 31.3 Å². The molecule has 1 fully saturated rings. The van der Waals surface area contributed by atoms with Crippen molar-refractivity contribution >= 4 is 29.1 Å². The maximum Gasteiger partial charge on any atom is 0.389 e. The lowest BCUT2D eigenvalue weighted by Crippen LogP contribution is -2.48. The molecule has 0 aromatic carbocycles. The third-order valence-electron chi connectivity index (χ3n) is 5.25. The van der Waals surface area contributed by atoms with E-state index in [1.54, 1.807) is 18.2 Å². The molecule has 10 heteroatoms. The van der Waals surface area contributed by atoms with Crippen molar-refractivity contribution in [1.29, 1.82) is 0 Å². The van der Waals surface area contributed by atoms with Crippen LogP contribution in [0.5, 0.6) is 0 Å². The maximum absolute atomic E-state index is 13.1. The molecule has 0 unspecified atom stereocenters. The van der Waals surface area contributed by atoms with Crippen molar-refractivity contribution in [2.75, 3.05) is 28.2 Å². The Kier molecular flexibility index (Phi) is 5.27. The number of fused-ring (bicyclic) bond motifs is 4. The summed E-state index contributed by atoms with van der Waals surface area (Å²) in [6, 6.07) is 5.53. The van der Waals surface area contributed by atoms with Gasteiger partial charge in [-0.25, -0.2) is 14.8 Å². The zero-order valence-corrected chi connectivity index (χ0v) is 16.3. The van der Waals surface area contributed by atoms with E-state index in [0.29, 0.717) is 30.8 Å². The molecule has 2 aromatic heterocycles. The highest BCUT2D eigenvalue weighted by atomic mass is 19.4. The highest BCUT2D eigenvalue weighted by molar-refractivity contribution is 6.05. The van der Waals surface area contributed by atoms with Crippen LogP contribution in [0.4, 0.5) is 35.3 Å². The van der Waals surface area contributed by atoms with Crippen molar-refractivity contribution in [2.45, 2.75) is 31.5 Å². The molecule has 4 rings (SSSR count). The highest BCUT2D eigenvalue weighted by Gasteiger charge is 2.40. The Balaban J connectivity index is 1.62. The summed E-state index contributed by atoms with van der Waals surface area (Å²) < 4.78 is 37.5. The van der Waals surface area contributed by atoms with Gasteiger partial charge in [-0.2, -0.15) is 13.2 Å². The van der Waals surface area contributed by atoms with Gasteiger partial charge in [0.2, 0.25) is 0 Å². The first-order chi connectivity index (χ1) is 14.7. The predicted molar refractivity (Wildman–Crippen MR) is 108 cm³/mol. The summed E-state index contributed by atoms with van der Waals surface area (Å²) in [4.78, 5) is 37.2. The number of pyridine rings is 2. The Morgan fingerprint density at radius 3 is 2.84 bits per heavy atom. The summed E-state index contributed by atoms with van der Waals surface area (Å²) in [5.41, 5.74) is 1.10. The minimum absolute atomic E-state index is 0.101. The van der Waals surface area contributed by atoms with Crippen LogP contribution in [0, 0.1) is 12.3 Å². The molecule has 7 nitrogen and oxygen atoms in total. The van der Waals surface area contributed by atoms with E-state index in [9.17, 15) is 22.8 Å². The van der Waals surface area contributed by atoms with Gasteiger partial charge >= 0.3 is 12.2 Å². The van der Waals surface area contributed by atoms with Gasteiger partial charge in [0.05, 0.1) is 18.2 Å². The Labute approximate surface area is 176 Å². The molecule has 31 heavy (non-hydrogen) atoms. The molecular formula is C21H18F3N5O2. The van der Waals surface area contributed by atoms with Crippen molar-refractivity contribution in [2.24, 2.45) is 0 Å². The van der Waals surface area contributed by atoms with E-state index < -0.39 is 30.8 Å². The minimum Gasteiger partial charge on any atom is -0.366 e. The molecule has 160 valence electrons. The van der Waals surface area contributed by atoms with Gasteiger partial charge < -0.3 is 4.90 Å². The van der Waals surface area contributed by atoms with Crippen LogP contribution in [0.3, 0.4) is 0 Å². The number of terminal acetylenes is 1. The van der Waals surface area contributed by atoms with Crippen LogP contribution in [-0.4, -0.2) is 47.1 Å². The number of urea groups is 1. The fraction of sp³-hybridized carbons (Fsp3) is 0.333. The fourth-order valence-corrected chi connectivity index (χ4v) is 3.77. The molecule has 0 saturated carbocycles. The van der Waals surface area contributed by atoms with Crippen LogP contribution in [0.1, 0.15) is 35.3 Å². The number of Topliss-reactive ketones (excluding diaryl/α,β-unsaturated/α-hetero) is 1. The number of rotatable bonds is 4. The second kappa shape index (κ2) is 7.91. The number of carbonyl (C=O) groups excluding carboxylic acids is 2. The molecule has 1 saturated heterocycles. The molecule has 0 spiro atoms. The number of alkyl halides is 3. The lowest BCUT2D eigenvalue weighted by molar-refractivity contribution is -0.133. The third kappa shape index (κ3) is 4.30. The Morgan fingerprint density at radius 1 is 1.29 bits per heavy atom. The first kappa shape index (κ1) is 20.7. The number of nitrogens with one attached hydrogen (secondary N) is 1. The van der Waals surface area contributed by atoms with E-state index in [1.165, 1.54) is 17.2 Å². The summed E-state index contributed by atoms with van der Waals surface area (Å²) in [6.07, 6.45) is 1.20. The number of anilines is 3. The largest absolute Gasteiger partial charge is 0.389 e. The highest BCUT2D eigenvalue weighted by Crippen LogP contribution is 2.39. The van der Waals surface area contributed by atoms with Crippen LogP contribution in [0.15, 0.2) is 30.5 Å². The normalized spacial score (nSPS) is 17.2. The number of halogens is 3. The molecule has 2 amide bonds. The van der Waals surface area contributed by atoms with Crippen LogP contribution in [0.2, 0.25) is 0 Å². The van der Waals surface area contributed by atoms with E-state index >= 15 is 0 Å². The molecule has 0 radical (unpaired) electrons. The minimum atomic E-state index is -4.43. The van der Waals surface area contributed by atoms with Gasteiger partial charge in [-0.3, -0.25) is 15.0 Å². The van der Waals surface area contributed by atoms with Crippen molar-refractivity contribution in [3.8, 4) is 12.3 Å². The molecule has 1 N–H and O–H groups in total. The second-order valence-electron chi connectivity index (χ2n) is 7.34. The van der Waals surface area contributed by atoms with E-state index in [4.69, 9.17) is 6.42 Å². The average Bonchev–Trinajstić information content (AvgIpc) is 3.15. The summed E-state index contributed by atoms with van der Waals surface area (Å²) in [6.45, 7) is 1.30. The molecule has 2 aromatic rings. The number of amides is 2. The number of aromatic nitrogens is 2.